The quantitative estimate of drug-likeness (QED) is 0.911. The summed E-state index contributed by atoms with van der Waals surface area (Å²) in [5.74, 6) is 0.455. The van der Waals surface area contributed by atoms with E-state index >= 15 is 0 Å². The molecule has 2 rings (SSSR count). The molecule has 0 amide bonds. The summed E-state index contributed by atoms with van der Waals surface area (Å²) < 4.78 is 1.37. The number of benzene rings is 1. The van der Waals surface area contributed by atoms with Crippen LogP contribution in [-0.2, 0) is 0 Å². The fraction of sp³-hybridized carbons (Fsp3) is 0.333. The summed E-state index contributed by atoms with van der Waals surface area (Å²) in [6, 6.07) is 4.57. The molecule has 19 heavy (non-hydrogen) atoms. The maximum atomic E-state index is 11.9. The van der Waals surface area contributed by atoms with Crippen molar-refractivity contribution in [3.05, 3.63) is 44.6 Å². The second kappa shape index (κ2) is 5.77. The van der Waals surface area contributed by atoms with Crippen molar-refractivity contribution in [1.82, 2.24) is 14.8 Å². The van der Waals surface area contributed by atoms with Gasteiger partial charge in [0.25, 0.3) is 0 Å². The Bertz CT molecular complexity index is 635. The summed E-state index contributed by atoms with van der Waals surface area (Å²) in [7, 11) is 0. The first-order chi connectivity index (χ1) is 9.04. The van der Waals surface area contributed by atoms with Gasteiger partial charge in [-0.15, -0.1) is 0 Å². The SMILES string of the molecule is CCCC(N)c1n[nH]c(=O)n1-c1cc(Cl)ccc1Cl. The van der Waals surface area contributed by atoms with Crippen LogP contribution in [0.25, 0.3) is 5.69 Å². The largest absolute Gasteiger partial charge is 0.348 e. The lowest BCUT2D eigenvalue weighted by Gasteiger charge is -2.12. The highest BCUT2D eigenvalue weighted by molar-refractivity contribution is 6.34. The van der Waals surface area contributed by atoms with Crippen molar-refractivity contribution in [3.63, 3.8) is 0 Å². The van der Waals surface area contributed by atoms with Gasteiger partial charge in [-0.1, -0.05) is 36.5 Å². The first-order valence-corrected chi connectivity index (χ1v) is 6.68. The van der Waals surface area contributed by atoms with Gasteiger partial charge in [0.15, 0.2) is 5.82 Å². The minimum absolute atomic E-state index is 0.334. The van der Waals surface area contributed by atoms with Gasteiger partial charge in [0, 0.05) is 5.02 Å². The minimum Gasteiger partial charge on any atom is -0.321 e. The Labute approximate surface area is 120 Å². The molecule has 1 heterocycles. The van der Waals surface area contributed by atoms with E-state index in [1.165, 1.54) is 4.57 Å². The van der Waals surface area contributed by atoms with Crippen LogP contribution in [-0.4, -0.2) is 14.8 Å². The highest BCUT2D eigenvalue weighted by Crippen LogP contribution is 2.25. The number of halogens is 2. The maximum Gasteiger partial charge on any atom is 0.348 e. The van der Waals surface area contributed by atoms with E-state index < -0.39 is 0 Å². The molecule has 0 saturated carbocycles. The molecule has 0 spiro atoms. The van der Waals surface area contributed by atoms with Crippen molar-refractivity contribution in [2.24, 2.45) is 5.73 Å². The number of H-pyrrole nitrogens is 1. The van der Waals surface area contributed by atoms with Gasteiger partial charge >= 0.3 is 5.69 Å². The molecule has 0 aliphatic rings. The van der Waals surface area contributed by atoms with Crippen LogP contribution in [0.5, 0.6) is 0 Å². The lowest BCUT2D eigenvalue weighted by Crippen LogP contribution is -2.22. The number of nitrogens with one attached hydrogen (secondary N) is 1. The smallest absolute Gasteiger partial charge is 0.321 e. The molecule has 0 radical (unpaired) electrons. The Hall–Kier alpha value is -1.30. The van der Waals surface area contributed by atoms with E-state index in [1.807, 2.05) is 6.92 Å². The molecular weight excluding hydrogens is 287 g/mol. The van der Waals surface area contributed by atoms with E-state index in [1.54, 1.807) is 18.2 Å². The Balaban J connectivity index is 2.58. The molecule has 3 N–H and O–H groups in total. The van der Waals surface area contributed by atoms with Gasteiger partial charge < -0.3 is 5.73 Å². The summed E-state index contributed by atoms with van der Waals surface area (Å²) in [4.78, 5) is 11.9. The van der Waals surface area contributed by atoms with E-state index in [9.17, 15) is 4.79 Å². The zero-order valence-corrected chi connectivity index (χ0v) is 11.9. The summed E-state index contributed by atoms with van der Waals surface area (Å²) in [5, 5.41) is 7.28. The summed E-state index contributed by atoms with van der Waals surface area (Å²) in [6.45, 7) is 2.02. The number of aromatic amines is 1. The van der Waals surface area contributed by atoms with Crippen LogP contribution in [0, 0.1) is 0 Å². The van der Waals surface area contributed by atoms with Crippen LogP contribution in [0.4, 0.5) is 0 Å². The van der Waals surface area contributed by atoms with Crippen LogP contribution >= 0.6 is 23.2 Å². The Morgan fingerprint density at radius 3 is 2.89 bits per heavy atom. The van der Waals surface area contributed by atoms with Gasteiger partial charge in [-0.2, -0.15) is 5.10 Å². The van der Waals surface area contributed by atoms with E-state index in [2.05, 4.69) is 10.2 Å². The van der Waals surface area contributed by atoms with Gasteiger partial charge in [0.2, 0.25) is 0 Å². The van der Waals surface area contributed by atoms with Crippen LogP contribution in [0.15, 0.2) is 23.0 Å². The normalized spacial score (nSPS) is 12.6. The van der Waals surface area contributed by atoms with Crippen LogP contribution < -0.4 is 11.4 Å². The van der Waals surface area contributed by atoms with Crippen LogP contribution in [0.3, 0.4) is 0 Å². The molecular formula is C12H14Cl2N4O. The molecule has 102 valence electrons. The van der Waals surface area contributed by atoms with Crippen LogP contribution in [0.1, 0.15) is 31.6 Å². The molecule has 7 heteroatoms. The molecule has 1 atom stereocenters. The Morgan fingerprint density at radius 1 is 1.47 bits per heavy atom. The number of hydrogen-bond acceptors (Lipinski definition) is 3. The van der Waals surface area contributed by atoms with Crippen molar-refractivity contribution in [3.8, 4) is 5.69 Å². The van der Waals surface area contributed by atoms with Crippen molar-refractivity contribution in [1.29, 1.82) is 0 Å². The van der Waals surface area contributed by atoms with E-state index in [0.29, 0.717) is 21.6 Å². The van der Waals surface area contributed by atoms with Crippen molar-refractivity contribution >= 4 is 23.2 Å². The van der Waals surface area contributed by atoms with Crippen LogP contribution in [0.2, 0.25) is 10.0 Å². The first-order valence-electron chi connectivity index (χ1n) is 5.93. The van der Waals surface area contributed by atoms with E-state index in [-0.39, 0.29) is 11.7 Å². The third kappa shape index (κ3) is 2.83. The molecule has 1 unspecified atom stereocenters. The molecule has 1 aromatic heterocycles. The zero-order chi connectivity index (χ0) is 14.0. The Kier molecular flexibility index (Phi) is 4.29. The van der Waals surface area contributed by atoms with Gasteiger partial charge in [-0.25, -0.2) is 14.5 Å². The molecule has 0 aliphatic heterocycles. The predicted octanol–water partition coefficient (Wildman–Crippen LogP) is 2.67. The molecule has 5 nitrogen and oxygen atoms in total. The average Bonchev–Trinajstić information content (AvgIpc) is 2.74. The number of aromatic nitrogens is 3. The standard InChI is InChI=1S/C12H14Cl2N4O/c1-2-3-9(15)11-16-17-12(19)18(11)10-6-7(13)4-5-8(10)14/h4-6,9H,2-3,15H2,1H3,(H,17,19). The summed E-state index contributed by atoms with van der Waals surface area (Å²) >= 11 is 12.1. The lowest BCUT2D eigenvalue weighted by atomic mass is 10.1. The summed E-state index contributed by atoms with van der Waals surface area (Å²) in [6.07, 6.45) is 1.62. The van der Waals surface area contributed by atoms with Crippen molar-refractivity contribution in [2.75, 3.05) is 0 Å². The second-order valence-corrected chi connectivity index (χ2v) is 5.06. The van der Waals surface area contributed by atoms with Gasteiger partial charge in [-0.3, -0.25) is 0 Å². The third-order valence-corrected chi connectivity index (χ3v) is 3.33. The van der Waals surface area contributed by atoms with Gasteiger partial charge in [0.1, 0.15) is 0 Å². The Morgan fingerprint density at radius 2 is 2.21 bits per heavy atom. The average molecular weight is 301 g/mol. The van der Waals surface area contributed by atoms with Crippen molar-refractivity contribution < 1.29 is 0 Å². The fourth-order valence-corrected chi connectivity index (χ4v) is 2.26. The van der Waals surface area contributed by atoms with Crippen molar-refractivity contribution in [2.45, 2.75) is 25.8 Å². The fourth-order valence-electron chi connectivity index (χ4n) is 1.89. The minimum atomic E-state index is -0.384. The summed E-state index contributed by atoms with van der Waals surface area (Å²) in [5.41, 5.74) is 6.12. The number of nitrogens with zero attached hydrogens (tertiary/aromatic N) is 2. The topological polar surface area (TPSA) is 76.7 Å². The zero-order valence-electron chi connectivity index (χ0n) is 10.4. The first kappa shape index (κ1) is 14.1. The number of rotatable bonds is 4. The number of nitrogens with two attached hydrogens (primary N) is 1. The van der Waals surface area contributed by atoms with Gasteiger partial charge in [-0.05, 0) is 24.6 Å². The second-order valence-electron chi connectivity index (χ2n) is 4.21. The molecule has 0 bridgehead atoms. The van der Waals surface area contributed by atoms with E-state index in [4.69, 9.17) is 28.9 Å². The van der Waals surface area contributed by atoms with E-state index in [0.717, 1.165) is 12.8 Å². The monoisotopic (exact) mass is 300 g/mol. The van der Waals surface area contributed by atoms with Gasteiger partial charge in [0.05, 0.1) is 16.8 Å². The highest BCUT2D eigenvalue weighted by Gasteiger charge is 2.18. The molecule has 1 aromatic carbocycles. The molecule has 2 aromatic rings. The number of hydrogen-bond donors (Lipinski definition) is 2. The predicted molar refractivity (Wildman–Crippen MR) is 76.0 cm³/mol. The highest BCUT2D eigenvalue weighted by atomic mass is 35.5. The molecule has 0 saturated heterocycles. The molecule has 0 aliphatic carbocycles. The maximum absolute atomic E-state index is 11.9. The molecule has 0 fully saturated rings. The lowest BCUT2D eigenvalue weighted by molar-refractivity contribution is 0.589. The third-order valence-electron chi connectivity index (χ3n) is 2.78.